The first-order valence-corrected chi connectivity index (χ1v) is 7.62. The fourth-order valence-corrected chi connectivity index (χ4v) is 4.27. The number of hydrogen-bond acceptors (Lipinski definition) is 4. The molecule has 1 aromatic rings. The van der Waals surface area contributed by atoms with Gasteiger partial charge in [0, 0.05) is 17.5 Å². The Kier molecular flexibility index (Phi) is 4.97. The summed E-state index contributed by atoms with van der Waals surface area (Å²) < 4.78 is 27.1. The van der Waals surface area contributed by atoms with Crippen LogP contribution in [0.2, 0.25) is 0 Å². The van der Waals surface area contributed by atoms with Crippen LogP contribution in [0.15, 0.2) is 16.3 Å². The Morgan fingerprint density at radius 3 is 2.59 bits per heavy atom. The molecule has 1 heterocycles. The third-order valence-corrected chi connectivity index (χ3v) is 5.71. The maximum Gasteiger partial charge on any atom is 0.250 e. The molecule has 4 nitrogen and oxygen atoms in total. The highest BCUT2D eigenvalue weighted by atomic mass is 35.5. The van der Waals surface area contributed by atoms with E-state index in [1.807, 2.05) is 13.0 Å². The average Bonchev–Trinajstić information content (AvgIpc) is 2.97. The molecule has 0 amide bonds. The smallest absolute Gasteiger partial charge is 0.250 e. The Morgan fingerprint density at radius 2 is 2.18 bits per heavy atom. The summed E-state index contributed by atoms with van der Waals surface area (Å²) in [5, 5.41) is 0. The number of rotatable bonds is 5. The van der Waals surface area contributed by atoms with Gasteiger partial charge >= 0.3 is 0 Å². The maximum absolute atomic E-state index is 12.0. The molecule has 0 bridgehead atoms. The minimum absolute atomic E-state index is 0. The van der Waals surface area contributed by atoms with Crippen molar-refractivity contribution in [3.8, 4) is 0 Å². The van der Waals surface area contributed by atoms with E-state index < -0.39 is 10.0 Å². The van der Waals surface area contributed by atoms with Gasteiger partial charge in [-0.25, -0.2) is 13.1 Å². The monoisotopic (exact) mass is 296 g/mol. The summed E-state index contributed by atoms with van der Waals surface area (Å²) in [6.07, 6.45) is 2.15. The lowest BCUT2D eigenvalue weighted by Crippen LogP contribution is -2.41. The van der Waals surface area contributed by atoms with E-state index in [1.165, 1.54) is 11.3 Å². The minimum Gasteiger partial charge on any atom is -0.329 e. The van der Waals surface area contributed by atoms with Gasteiger partial charge in [-0.2, -0.15) is 0 Å². The lowest BCUT2D eigenvalue weighted by atomic mass is 10.2. The molecule has 7 heteroatoms. The van der Waals surface area contributed by atoms with Gasteiger partial charge in [0.2, 0.25) is 10.0 Å². The first-order chi connectivity index (χ1) is 7.53. The van der Waals surface area contributed by atoms with Crippen molar-refractivity contribution in [2.75, 3.05) is 6.54 Å². The molecular weight excluding hydrogens is 280 g/mol. The summed E-state index contributed by atoms with van der Waals surface area (Å²) >= 11 is 1.29. The molecule has 17 heavy (non-hydrogen) atoms. The molecule has 1 saturated carbocycles. The summed E-state index contributed by atoms with van der Waals surface area (Å²) in [4.78, 5) is 0.996. The Labute approximate surface area is 112 Å². The largest absolute Gasteiger partial charge is 0.329 e. The van der Waals surface area contributed by atoms with Crippen molar-refractivity contribution in [3.05, 3.63) is 17.0 Å². The molecule has 1 unspecified atom stereocenters. The summed E-state index contributed by atoms with van der Waals surface area (Å²) in [7, 11) is -3.37. The molecule has 0 spiro atoms. The quantitative estimate of drug-likeness (QED) is 0.865. The summed E-state index contributed by atoms with van der Waals surface area (Å²) in [5.41, 5.74) is 5.58. The predicted octanol–water partition coefficient (Wildman–Crippen LogP) is 1.49. The van der Waals surface area contributed by atoms with E-state index in [0.29, 0.717) is 16.7 Å². The van der Waals surface area contributed by atoms with E-state index in [0.717, 1.165) is 17.7 Å². The molecule has 0 aromatic carbocycles. The number of nitrogens with two attached hydrogens (primary N) is 1. The van der Waals surface area contributed by atoms with Crippen LogP contribution in [0, 0.1) is 12.8 Å². The Bertz CT molecular complexity index is 468. The van der Waals surface area contributed by atoms with E-state index in [1.54, 1.807) is 6.07 Å². The van der Waals surface area contributed by atoms with Crippen LogP contribution in [0.4, 0.5) is 0 Å². The summed E-state index contributed by atoms with van der Waals surface area (Å²) in [6.45, 7) is 2.26. The Hall–Kier alpha value is -0.140. The molecular formula is C10H17ClN2O2S2. The first kappa shape index (κ1) is 14.9. The third-order valence-electron chi connectivity index (χ3n) is 2.73. The second kappa shape index (κ2) is 5.67. The van der Waals surface area contributed by atoms with Gasteiger partial charge < -0.3 is 5.73 Å². The van der Waals surface area contributed by atoms with Crippen LogP contribution in [-0.4, -0.2) is 21.0 Å². The highest BCUT2D eigenvalue weighted by Gasteiger charge is 2.33. The van der Waals surface area contributed by atoms with Gasteiger partial charge in [-0.1, -0.05) is 0 Å². The van der Waals surface area contributed by atoms with Gasteiger partial charge in [0.1, 0.15) is 4.21 Å². The number of hydrogen-bond donors (Lipinski definition) is 2. The van der Waals surface area contributed by atoms with E-state index in [2.05, 4.69) is 4.72 Å². The van der Waals surface area contributed by atoms with Crippen LogP contribution < -0.4 is 10.5 Å². The fourth-order valence-electron chi connectivity index (χ4n) is 1.65. The first-order valence-electron chi connectivity index (χ1n) is 5.32. The third kappa shape index (κ3) is 3.66. The second-order valence-electron chi connectivity index (χ2n) is 4.17. The van der Waals surface area contributed by atoms with Crippen LogP contribution in [0.3, 0.4) is 0 Å². The average molecular weight is 297 g/mol. The number of thiophene rings is 1. The minimum atomic E-state index is -3.37. The fraction of sp³-hybridized carbons (Fsp3) is 0.600. The lowest BCUT2D eigenvalue weighted by Gasteiger charge is -2.15. The van der Waals surface area contributed by atoms with Gasteiger partial charge in [0.15, 0.2) is 0 Å². The lowest BCUT2D eigenvalue weighted by molar-refractivity contribution is 0.520. The molecule has 0 radical (unpaired) electrons. The van der Waals surface area contributed by atoms with Gasteiger partial charge in [-0.15, -0.1) is 23.7 Å². The zero-order valence-corrected chi connectivity index (χ0v) is 12.0. The number of aryl methyl sites for hydroxylation is 1. The van der Waals surface area contributed by atoms with Crippen LogP contribution in [-0.2, 0) is 10.0 Å². The molecule has 1 aromatic heterocycles. The SMILES string of the molecule is Cc1ccc(S(=O)(=O)NC(CN)C2CC2)s1.Cl. The Balaban J connectivity index is 0.00000144. The van der Waals surface area contributed by atoms with E-state index in [4.69, 9.17) is 5.73 Å². The molecule has 0 saturated heterocycles. The van der Waals surface area contributed by atoms with Crippen LogP contribution >= 0.6 is 23.7 Å². The second-order valence-corrected chi connectivity index (χ2v) is 7.39. The molecule has 3 N–H and O–H groups in total. The van der Waals surface area contributed by atoms with Crippen molar-refractivity contribution >= 4 is 33.8 Å². The number of nitrogens with one attached hydrogen (secondary N) is 1. The van der Waals surface area contributed by atoms with Crippen molar-refractivity contribution in [2.24, 2.45) is 11.7 Å². The van der Waals surface area contributed by atoms with Gasteiger partial charge in [-0.3, -0.25) is 0 Å². The van der Waals surface area contributed by atoms with Crippen molar-refractivity contribution < 1.29 is 8.42 Å². The van der Waals surface area contributed by atoms with E-state index >= 15 is 0 Å². The molecule has 1 atom stereocenters. The van der Waals surface area contributed by atoms with Gasteiger partial charge in [0.05, 0.1) is 0 Å². The molecule has 2 rings (SSSR count). The number of halogens is 1. The van der Waals surface area contributed by atoms with Gasteiger partial charge in [-0.05, 0) is 37.8 Å². The maximum atomic E-state index is 12.0. The zero-order valence-electron chi connectivity index (χ0n) is 9.55. The molecule has 1 fully saturated rings. The molecule has 0 aliphatic heterocycles. The van der Waals surface area contributed by atoms with Gasteiger partial charge in [0.25, 0.3) is 0 Å². The number of sulfonamides is 1. The van der Waals surface area contributed by atoms with E-state index in [-0.39, 0.29) is 18.4 Å². The predicted molar refractivity (Wildman–Crippen MR) is 72.2 cm³/mol. The van der Waals surface area contributed by atoms with Crippen molar-refractivity contribution in [1.82, 2.24) is 4.72 Å². The standard InChI is InChI=1S/C10H16N2O2S2.ClH/c1-7-2-5-10(15-7)16(13,14)12-9(6-11)8-3-4-8;/h2,5,8-9,12H,3-4,6,11H2,1H3;1H. The van der Waals surface area contributed by atoms with Crippen LogP contribution in [0.1, 0.15) is 17.7 Å². The topological polar surface area (TPSA) is 72.2 Å². The molecule has 98 valence electrons. The molecule has 1 aliphatic rings. The van der Waals surface area contributed by atoms with Crippen LogP contribution in [0.5, 0.6) is 0 Å². The highest BCUT2D eigenvalue weighted by Crippen LogP contribution is 2.33. The van der Waals surface area contributed by atoms with Crippen LogP contribution in [0.25, 0.3) is 0 Å². The molecule has 1 aliphatic carbocycles. The normalized spacial score (nSPS) is 17.5. The highest BCUT2D eigenvalue weighted by molar-refractivity contribution is 7.91. The van der Waals surface area contributed by atoms with Crippen molar-refractivity contribution in [2.45, 2.75) is 30.0 Å². The summed E-state index contributed by atoms with van der Waals surface area (Å²) in [6, 6.07) is 3.35. The Morgan fingerprint density at radius 1 is 1.53 bits per heavy atom. The van der Waals surface area contributed by atoms with Crippen molar-refractivity contribution in [1.29, 1.82) is 0 Å². The zero-order chi connectivity index (χ0) is 11.8. The van der Waals surface area contributed by atoms with E-state index in [9.17, 15) is 8.42 Å². The van der Waals surface area contributed by atoms with Crippen molar-refractivity contribution in [3.63, 3.8) is 0 Å². The summed E-state index contributed by atoms with van der Waals surface area (Å²) in [5.74, 6) is 0.431.